The minimum atomic E-state index is -0.900. The lowest BCUT2D eigenvalue weighted by Crippen LogP contribution is -2.36. The average molecular weight is 293 g/mol. The predicted molar refractivity (Wildman–Crippen MR) is 80.7 cm³/mol. The zero-order valence-corrected chi connectivity index (χ0v) is 13.0. The van der Waals surface area contributed by atoms with Gasteiger partial charge in [0, 0.05) is 18.7 Å². The van der Waals surface area contributed by atoms with Crippen molar-refractivity contribution in [3.8, 4) is 5.75 Å². The van der Waals surface area contributed by atoms with Crippen LogP contribution < -0.4 is 4.74 Å². The van der Waals surface area contributed by atoms with Crippen molar-refractivity contribution >= 4 is 11.9 Å². The highest BCUT2D eigenvalue weighted by Gasteiger charge is 2.19. The Morgan fingerprint density at radius 1 is 1.33 bits per heavy atom. The number of carbonyl (C=O) groups excluding carboxylic acids is 1. The molecule has 0 heterocycles. The van der Waals surface area contributed by atoms with Gasteiger partial charge in [0.1, 0.15) is 5.75 Å². The third-order valence-corrected chi connectivity index (χ3v) is 3.13. The molecular weight excluding hydrogens is 270 g/mol. The van der Waals surface area contributed by atoms with Crippen molar-refractivity contribution in [3.05, 3.63) is 29.3 Å². The third kappa shape index (κ3) is 5.10. The highest BCUT2D eigenvalue weighted by atomic mass is 16.5. The molecule has 0 bridgehead atoms. The van der Waals surface area contributed by atoms with Crippen molar-refractivity contribution in [2.75, 3.05) is 20.2 Å². The van der Waals surface area contributed by atoms with E-state index in [0.29, 0.717) is 17.9 Å². The number of aryl methyl sites for hydroxylation is 1. The Hall–Kier alpha value is -2.04. The van der Waals surface area contributed by atoms with Crippen LogP contribution in [0.4, 0.5) is 0 Å². The first kappa shape index (κ1) is 17.0. The fourth-order valence-electron chi connectivity index (χ4n) is 2.12. The maximum absolute atomic E-state index is 12.6. The summed E-state index contributed by atoms with van der Waals surface area (Å²) in [6, 6.07) is 5.27. The maximum Gasteiger partial charge on any atom is 0.305 e. The Balaban J connectivity index is 2.95. The van der Waals surface area contributed by atoms with Crippen LogP contribution in [-0.2, 0) is 4.79 Å². The average Bonchev–Trinajstić information content (AvgIpc) is 2.42. The molecule has 1 aromatic rings. The number of ether oxygens (including phenoxy) is 1. The summed E-state index contributed by atoms with van der Waals surface area (Å²) in [6.07, 6.45) is -0.0480. The SMILES string of the molecule is COc1ccc(C(=O)N(CCC(=O)O)CC(C)C)c(C)c1. The Labute approximate surface area is 125 Å². The van der Waals surface area contributed by atoms with Crippen LogP contribution >= 0.6 is 0 Å². The van der Waals surface area contributed by atoms with Gasteiger partial charge in [-0.1, -0.05) is 13.8 Å². The molecule has 0 atom stereocenters. The van der Waals surface area contributed by atoms with Crippen LogP contribution in [0.2, 0.25) is 0 Å². The molecule has 0 aliphatic carbocycles. The van der Waals surface area contributed by atoms with E-state index >= 15 is 0 Å². The van der Waals surface area contributed by atoms with Gasteiger partial charge in [-0.2, -0.15) is 0 Å². The van der Waals surface area contributed by atoms with Gasteiger partial charge >= 0.3 is 5.97 Å². The number of hydrogen-bond acceptors (Lipinski definition) is 3. The fourth-order valence-corrected chi connectivity index (χ4v) is 2.12. The smallest absolute Gasteiger partial charge is 0.305 e. The normalized spacial score (nSPS) is 10.5. The Morgan fingerprint density at radius 3 is 2.48 bits per heavy atom. The van der Waals surface area contributed by atoms with Gasteiger partial charge in [-0.15, -0.1) is 0 Å². The van der Waals surface area contributed by atoms with Crippen molar-refractivity contribution in [3.63, 3.8) is 0 Å². The van der Waals surface area contributed by atoms with Crippen LogP contribution in [0.15, 0.2) is 18.2 Å². The topological polar surface area (TPSA) is 66.8 Å². The molecule has 0 fully saturated rings. The van der Waals surface area contributed by atoms with Gasteiger partial charge < -0.3 is 14.7 Å². The summed E-state index contributed by atoms with van der Waals surface area (Å²) in [5, 5.41) is 8.82. The summed E-state index contributed by atoms with van der Waals surface area (Å²) in [6.45, 7) is 6.61. The highest BCUT2D eigenvalue weighted by Crippen LogP contribution is 2.19. The van der Waals surface area contributed by atoms with Gasteiger partial charge in [0.05, 0.1) is 13.5 Å². The van der Waals surface area contributed by atoms with Crippen LogP contribution in [0.25, 0.3) is 0 Å². The summed E-state index contributed by atoms with van der Waals surface area (Å²) < 4.78 is 5.13. The Kier molecular flexibility index (Phi) is 6.21. The molecule has 0 saturated heterocycles. The number of carbonyl (C=O) groups is 2. The number of hydrogen-bond donors (Lipinski definition) is 1. The number of carboxylic acid groups (broad SMARTS) is 1. The standard InChI is InChI=1S/C16H23NO4/c1-11(2)10-17(8-7-15(18)19)16(20)14-6-5-13(21-4)9-12(14)3/h5-6,9,11H,7-8,10H2,1-4H3,(H,18,19). The maximum atomic E-state index is 12.6. The zero-order chi connectivity index (χ0) is 16.0. The number of benzene rings is 1. The number of methoxy groups -OCH3 is 1. The number of nitrogens with zero attached hydrogens (tertiary/aromatic N) is 1. The van der Waals surface area contributed by atoms with E-state index in [4.69, 9.17) is 9.84 Å². The molecule has 1 rings (SSSR count). The van der Waals surface area contributed by atoms with Crippen LogP contribution in [-0.4, -0.2) is 42.1 Å². The van der Waals surface area contributed by atoms with Gasteiger partial charge in [-0.3, -0.25) is 9.59 Å². The second kappa shape index (κ2) is 7.67. The summed E-state index contributed by atoms with van der Waals surface area (Å²) in [5.74, 6) is -0.0561. The van der Waals surface area contributed by atoms with E-state index in [1.54, 1.807) is 30.2 Å². The molecule has 0 spiro atoms. The minimum absolute atomic E-state index is 0.0480. The first-order chi connectivity index (χ1) is 9.85. The van der Waals surface area contributed by atoms with E-state index in [2.05, 4.69) is 0 Å². The van der Waals surface area contributed by atoms with Gasteiger partial charge in [0.15, 0.2) is 0 Å². The molecular formula is C16H23NO4. The summed E-state index contributed by atoms with van der Waals surface area (Å²) in [5.41, 5.74) is 1.41. The third-order valence-electron chi connectivity index (χ3n) is 3.13. The predicted octanol–water partition coefficient (Wildman–Crippen LogP) is 2.58. The molecule has 1 aromatic carbocycles. The second-order valence-electron chi connectivity index (χ2n) is 5.47. The van der Waals surface area contributed by atoms with Crippen molar-refractivity contribution in [1.82, 2.24) is 4.90 Å². The fraction of sp³-hybridized carbons (Fsp3) is 0.500. The Morgan fingerprint density at radius 2 is 2.00 bits per heavy atom. The van der Waals surface area contributed by atoms with Crippen molar-refractivity contribution in [2.24, 2.45) is 5.92 Å². The molecule has 0 radical (unpaired) electrons. The highest BCUT2D eigenvalue weighted by molar-refractivity contribution is 5.96. The lowest BCUT2D eigenvalue weighted by Gasteiger charge is -2.25. The van der Waals surface area contributed by atoms with E-state index in [-0.39, 0.29) is 24.8 Å². The molecule has 0 unspecified atom stereocenters. The molecule has 0 saturated carbocycles. The minimum Gasteiger partial charge on any atom is -0.497 e. The van der Waals surface area contributed by atoms with Crippen LogP contribution in [0.3, 0.4) is 0 Å². The largest absolute Gasteiger partial charge is 0.497 e. The van der Waals surface area contributed by atoms with Gasteiger partial charge in [-0.05, 0) is 36.6 Å². The molecule has 116 valence electrons. The van der Waals surface area contributed by atoms with E-state index < -0.39 is 5.97 Å². The molecule has 1 amide bonds. The molecule has 0 aliphatic heterocycles. The van der Waals surface area contributed by atoms with Crippen molar-refractivity contribution in [2.45, 2.75) is 27.2 Å². The zero-order valence-electron chi connectivity index (χ0n) is 13.0. The summed E-state index contributed by atoms with van der Waals surface area (Å²) in [4.78, 5) is 25.0. The number of aliphatic carboxylic acids is 1. The first-order valence-electron chi connectivity index (χ1n) is 7.00. The quantitative estimate of drug-likeness (QED) is 0.839. The van der Waals surface area contributed by atoms with Gasteiger partial charge in [0.2, 0.25) is 0 Å². The molecule has 1 N–H and O–H groups in total. The van der Waals surface area contributed by atoms with Gasteiger partial charge in [-0.25, -0.2) is 0 Å². The van der Waals surface area contributed by atoms with E-state index in [9.17, 15) is 9.59 Å². The lowest BCUT2D eigenvalue weighted by atomic mass is 10.1. The summed E-state index contributed by atoms with van der Waals surface area (Å²) in [7, 11) is 1.58. The van der Waals surface area contributed by atoms with E-state index in [1.165, 1.54) is 0 Å². The van der Waals surface area contributed by atoms with Crippen LogP contribution in [0, 0.1) is 12.8 Å². The first-order valence-corrected chi connectivity index (χ1v) is 7.00. The molecule has 5 heteroatoms. The van der Waals surface area contributed by atoms with E-state index in [1.807, 2.05) is 20.8 Å². The second-order valence-corrected chi connectivity index (χ2v) is 5.47. The van der Waals surface area contributed by atoms with E-state index in [0.717, 1.165) is 5.56 Å². The van der Waals surface area contributed by atoms with Gasteiger partial charge in [0.25, 0.3) is 5.91 Å². The summed E-state index contributed by atoms with van der Waals surface area (Å²) >= 11 is 0. The van der Waals surface area contributed by atoms with Crippen molar-refractivity contribution in [1.29, 1.82) is 0 Å². The van der Waals surface area contributed by atoms with Crippen molar-refractivity contribution < 1.29 is 19.4 Å². The van der Waals surface area contributed by atoms with Crippen LogP contribution in [0.1, 0.15) is 36.2 Å². The Bertz CT molecular complexity index is 511. The monoisotopic (exact) mass is 293 g/mol. The lowest BCUT2D eigenvalue weighted by molar-refractivity contribution is -0.137. The molecule has 0 aromatic heterocycles. The number of rotatable bonds is 7. The van der Waals surface area contributed by atoms with Crippen LogP contribution in [0.5, 0.6) is 5.75 Å². The number of carboxylic acids is 1. The molecule has 21 heavy (non-hydrogen) atoms. The molecule has 0 aliphatic rings. The molecule has 5 nitrogen and oxygen atoms in total. The number of amides is 1.